The van der Waals surface area contributed by atoms with E-state index in [2.05, 4.69) is 0 Å². The van der Waals surface area contributed by atoms with Gasteiger partial charge in [0.15, 0.2) is 6.10 Å². The minimum atomic E-state index is -1.19. The Labute approximate surface area is 209 Å². The topological polar surface area (TPSA) is 68.5 Å². The minimum Gasteiger partial charge on any atom is -0.479 e. The first-order valence-electron chi connectivity index (χ1n) is 11.4. The van der Waals surface area contributed by atoms with Gasteiger partial charge in [-0.15, -0.1) is 0 Å². The summed E-state index contributed by atoms with van der Waals surface area (Å²) in [5.74, 6) is -1.07. The van der Waals surface area contributed by atoms with E-state index < -0.39 is 17.7 Å². The predicted octanol–water partition coefficient (Wildman–Crippen LogP) is 6.62. The van der Waals surface area contributed by atoms with Crippen LogP contribution in [-0.2, 0) is 16.1 Å². The first-order valence-corrected chi connectivity index (χ1v) is 11.8. The van der Waals surface area contributed by atoms with Gasteiger partial charge < -0.3 is 14.4 Å². The standard InChI is InChI=1S/C29H28ClNO4/c1-18-16-23-22(14-15-24(32)31(23)17-19-8-6-5-7-9-19)26(20-10-12-21(30)13-11-20)25(18)27(28(33)34)35-29(2,3)4/h5-16,27H,17H2,1-4H3,(H,33,34)/t27-/m0/s1. The Kier molecular flexibility index (Phi) is 6.84. The van der Waals surface area contributed by atoms with Crippen molar-refractivity contribution in [2.24, 2.45) is 0 Å². The number of pyridine rings is 1. The fourth-order valence-electron chi connectivity index (χ4n) is 4.37. The van der Waals surface area contributed by atoms with Crippen molar-refractivity contribution in [3.8, 4) is 11.1 Å². The molecular formula is C29H28ClNO4. The molecule has 0 unspecified atom stereocenters. The second-order valence-electron chi connectivity index (χ2n) is 9.61. The molecule has 0 saturated carbocycles. The summed E-state index contributed by atoms with van der Waals surface area (Å²) in [5, 5.41) is 11.5. The Morgan fingerprint density at radius 1 is 1.03 bits per heavy atom. The van der Waals surface area contributed by atoms with Crippen molar-refractivity contribution in [2.75, 3.05) is 0 Å². The molecule has 35 heavy (non-hydrogen) atoms. The maximum Gasteiger partial charge on any atom is 0.337 e. The monoisotopic (exact) mass is 489 g/mol. The Balaban J connectivity index is 2.07. The third-order valence-corrected chi connectivity index (χ3v) is 6.07. The van der Waals surface area contributed by atoms with Crippen LogP contribution in [0.25, 0.3) is 22.0 Å². The summed E-state index contributed by atoms with van der Waals surface area (Å²) >= 11 is 6.16. The Morgan fingerprint density at radius 2 is 1.69 bits per heavy atom. The number of carbonyl (C=O) groups is 1. The van der Waals surface area contributed by atoms with Gasteiger partial charge in [0.2, 0.25) is 0 Å². The number of aliphatic carboxylic acids is 1. The van der Waals surface area contributed by atoms with Crippen molar-refractivity contribution < 1.29 is 14.6 Å². The number of rotatable bonds is 6. The summed E-state index contributed by atoms with van der Waals surface area (Å²) in [6, 6.07) is 22.2. The van der Waals surface area contributed by atoms with Crippen molar-refractivity contribution >= 4 is 28.5 Å². The number of carboxylic acids is 1. The van der Waals surface area contributed by atoms with Gasteiger partial charge in [0.05, 0.1) is 17.7 Å². The second kappa shape index (κ2) is 9.68. The molecule has 0 radical (unpaired) electrons. The van der Waals surface area contributed by atoms with Crippen LogP contribution in [0.5, 0.6) is 0 Å². The first-order chi connectivity index (χ1) is 16.5. The molecule has 0 spiro atoms. The van der Waals surface area contributed by atoms with E-state index in [1.807, 2.05) is 76.2 Å². The summed E-state index contributed by atoms with van der Waals surface area (Å²) < 4.78 is 7.78. The average molecular weight is 490 g/mol. The number of fused-ring (bicyclic) bond motifs is 1. The number of aryl methyl sites for hydroxylation is 1. The smallest absolute Gasteiger partial charge is 0.337 e. The number of hydrogen-bond donors (Lipinski definition) is 1. The van der Waals surface area contributed by atoms with Crippen LogP contribution in [0.15, 0.2) is 77.6 Å². The van der Waals surface area contributed by atoms with E-state index in [0.717, 1.165) is 33.2 Å². The van der Waals surface area contributed by atoms with Crippen LogP contribution in [0.1, 0.15) is 43.6 Å². The number of hydrogen-bond acceptors (Lipinski definition) is 3. The summed E-state index contributed by atoms with van der Waals surface area (Å²) in [6.07, 6.45) is -1.19. The van der Waals surface area contributed by atoms with E-state index in [9.17, 15) is 14.7 Å². The van der Waals surface area contributed by atoms with Crippen molar-refractivity contribution in [3.05, 3.63) is 105 Å². The highest BCUT2D eigenvalue weighted by atomic mass is 35.5. The summed E-state index contributed by atoms with van der Waals surface area (Å²) in [7, 11) is 0. The average Bonchev–Trinajstić information content (AvgIpc) is 2.79. The second-order valence-corrected chi connectivity index (χ2v) is 10.1. The van der Waals surface area contributed by atoms with Gasteiger partial charge in [-0.1, -0.05) is 54.1 Å². The highest BCUT2D eigenvalue weighted by molar-refractivity contribution is 6.30. The van der Waals surface area contributed by atoms with E-state index in [0.29, 0.717) is 17.1 Å². The Morgan fingerprint density at radius 3 is 2.29 bits per heavy atom. The van der Waals surface area contributed by atoms with Crippen LogP contribution < -0.4 is 5.56 Å². The van der Waals surface area contributed by atoms with E-state index in [-0.39, 0.29) is 5.56 Å². The van der Waals surface area contributed by atoms with Crippen LogP contribution in [-0.4, -0.2) is 21.2 Å². The fraction of sp³-hybridized carbons (Fsp3) is 0.241. The fourth-order valence-corrected chi connectivity index (χ4v) is 4.49. The van der Waals surface area contributed by atoms with Crippen molar-refractivity contribution in [1.82, 2.24) is 4.57 Å². The summed E-state index contributed by atoms with van der Waals surface area (Å²) in [5.41, 5.74) is 3.72. The molecule has 6 heteroatoms. The lowest BCUT2D eigenvalue weighted by molar-refractivity contribution is -0.160. The highest BCUT2D eigenvalue weighted by Crippen LogP contribution is 2.40. The molecule has 0 aliphatic carbocycles. The first kappa shape index (κ1) is 24.7. The van der Waals surface area contributed by atoms with E-state index in [4.69, 9.17) is 16.3 Å². The van der Waals surface area contributed by atoms with E-state index in [1.54, 1.807) is 22.8 Å². The van der Waals surface area contributed by atoms with E-state index in [1.165, 1.54) is 6.07 Å². The molecule has 1 atom stereocenters. The van der Waals surface area contributed by atoms with Crippen LogP contribution in [0.2, 0.25) is 5.02 Å². The molecule has 4 rings (SSSR count). The van der Waals surface area contributed by atoms with Crippen molar-refractivity contribution in [1.29, 1.82) is 0 Å². The normalized spacial score (nSPS) is 12.6. The zero-order chi connectivity index (χ0) is 25.3. The largest absolute Gasteiger partial charge is 0.479 e. The third kappa shape index (κ3) is 5.31. The van der Waals surface area contributed by atoms with Crippen LogP contribution >= 0.6 is 11.6 Å². The molecule has 180 valence electrons. The molecule has 1 heterocycles. The van der Waals surface area contributed by atoms with Gasteiger partial charge in [0.25, 0.3) is 5.56 Å². The zero-order valence-corrected chi connectivity index (χ0v) is 21.0. The molecule has 0 aliphatic heterocycles. The molecule has 3 aromatic carbocycles. The Hall–Kier alpha value is -3.41. The quantitative estimate of drug-likeness (QED) is 0.330. The molecule has 4 aromatic rings. The predicted molar refractivity (Wildman–Crippen MR) is 140 cm³/mol. The van der Waals surface area contributed by atoms with Crippen molar-refractivity contribution in [2.45, 2.75) is 45.9 Å². The van der Waals surface area contributed by atoms with Crippen LogP contribution in [0.4, 0.5) is 0 Å². The van der Waals surface area contributed by atoms with Crippen molar-refractivity contribution in [3.63, 3.8) is 0 Å². The number of halogens is 1. The van der Waals surface area contributed by atoms with Crippen LogP contribution in [0.3, 0.4) is 0 Å². The lowest BCUT2D eigenvalue weighted by Gasteiger charge is -2.29. The number of benzene rings is 3. The molecule has 0 saturated heterocycles. The molecule has 0 amide bonds. The van der Waals surface area contributed by atoms with Gasteiger partial charge >= 0.3 is 5.97 Å². The molecule has 0 bridgehead atoms. The molecule has 0 aliphatic rings. The molecule has 0 fully saturated rings. The van der Waals surface area contributed by atoms with Crippen LogP contribution in [0, 0.1) is 6.92 Å². The van der Waals surface area contributed by atoms with Gasteiger partial charge in [0, 0.05) is 22.0 Å². The maximum atomic E-state index is 13.0. The third-order valence-electron chi connectivity index (χ3n) is 5.82. The summed E-state index contributed by atoms with van der Waals surface area (Å²) in [4.78, 5) is 25.4. The lowest BCUT2D eigenvalue weighted by atomic mass is 9.88. The Bertz CT molecular complexity index is 1430. The number of ether oxygens (including phenoxy) is 1. The number of nitrogens with zero attached hydrogens (tertiary/aromatic N) is 1. The molecule has 1 aromatic heterocycles. The van der Waals surface area contributed by atoms with Gasteiger partial charge in [-0.25, -0.2) is 4.79 Å². The molecular weight excluding hydrogens is 462 g/mol. The maximum absolute atomic E-state index is 13.0. The van der Waals surface area contributed by atoms with Gasteiger partial charge in [-0.05, 0) is 74.2 Å². The summed E-state index contributed by atoms with van der Waals surface area (Å²) in [6.45, 7) is 7.76. The van der Waals surface area contributed by atoms with Gasteiger partial charge in [-0.3, -0.25) is 4.79 Å². The van der Waals surface area contributed by atoms with Gasteiger partial charge in [-0.2, -0.15) is 0 Å². The highest BCUT2D eigenvalue weighted by Gasteiger charge is 2.32. The zero-order valence-electron chi connectivity index (χ0n) is 20.2. The minimum absolute atomic E-state index is 0.128. The lowest BCUT2D eigenvalue weighted by Crippen LogP contribution is -2.28. The number of aromatic nitrogens is 1. The molecule has 1 N–H and O–H groups in total. The van der Waals surface area contributed by atoms with E-state index >= 15 is 0 Å². The SMILES string of the molecule is Cc1cc2c(ccc(=O)n2Cc2ccccc2)c(-c2ccc(Cl)cc2)c1[C@H](OC(C)(C)C)C(=O)O. The van der Waals surface area contributed by atoms with Gasteiger partial charge in [0.1, 0.15) is 0 Å². The number of carboxylic acid groups (broad SMARTS) is 1. The molecule has 5 nitrogen and oxygen atoms in total.